The van der Waals surface area contributed by atoms with Gasteiger partial charge in [0.05, 0.1) is 5.38 Å². The van der Waals surface area contributed by atoms with Crippen molar-refractivity contribution < 1.29 is 4.79 Å². The van der Waals surface area contributed by atoms with Crippen molar-refractivity contribution in [1.29, 1.82) is 0 Å². The zero-order valence-corrected chi connectivity index (χ0v) is 12.4. The Morgan fingerprint density at radius 1 is 1.21 bits per heavy atom. The van der Waals surface area contributed by atoms with Gasteiger partial charge in [-0.1, -0.05) is 12.1 Å². The van der Waals surface area contributed by atoms with Gasteiger partial charge in [0.15, 0.2) is 0 Å². The molecule has 1 unspecified atom stereocenters. The maximum atomic E-state index is 11.1. The molecule has 2 rings (SSSR count). The summed E-state index contributed by atoms with van der Waals surface area (Å²) in [5.41, 5.74) is 2.37. The first-order valence-electron chi connectivity index (χ1n) is 6.73. The molecule has 0 spiro atoms. The lowest BCUT2D eigenvalue weighted by Crippen LogP contribution is -2.44. The quantitative estimate of drug-likeness (QED) is 0.790. The van der Waals surface area contributed by atoms with Crippen LogP contribution in [0.3, 0.4) is 0 Å². The van der Waals surface area contributed by atoms with Gasteiger partial charge in [0.2, 0.25) is 0 Å². The molecule has 1 saturated heterocycles. The first-order chi connectivity index (χ1) is 9.06. The number of benzene rings is 1. The van der Waals surface area contributed by atoms with E-state index in [0.29, 0.717) is 6.42 Å². The number of Topliss-reactive ketones (excluding diaryl/α,β-unsaturated/α-hetero) is 1. The van der Waals surface area contributed by atoms with Crippen LogP contribution in [-0.4, -0.2) is 49.3 Å². The van der Waals surface area contributed by atoms with Gasteiger partial charge in [-0.05, 0) is 38.1 Å². The van der Waals surface area contributed by atoms with Crippen molar-refractivity contribution in [3.8, 4) is 0 Å². The van der Waals surface area contributed by atoms with Crippen LogP contribution in [0.2, 0.25) is 0 Å². The summed E-state index contributed by atoms with van der Waals surface area (Å²) >= 11 is 5.99. The van der Waals surface area contributed by atoms with Crippen LogP contribution in [0.1, 0.15) is 12.5 Å². The van der Waals surface area contributed by atoms with Crippen LogP contribution in [0.25, 0.3) is 0 Å². The number of piperazine rings is 1. The summed E-state index contributed by atoms with van der Waals surface area (Å²) in [5.74, 6) is 0.0322. The second-order valence-corrected chi connectivity index (χ2v) is 5.77. The molecule has 1 aliphatic rings. The van der Waals surface area contributed by atoms with E-state index >= 15 is 0 Å². The fourth-order valence-electron chi connectivity index (χ4n) is 2.26. The first kappa shape index (κ1) is 14.4. The summed E-state index contributed by atoms with van der Waals surface area (Å²) in [6, 6.07) is 8.41. The maximum absolute atomic E-state index is 11.1. The number of carbonyl (C=O) groups excluding carboxylic acids is 1. The molecule has 0 bridgehead atoms. The lowest BCUT2D eigenvalue weighted by Gasteiger charge is -2.34. The Kier molecular flexibility index (Phi) is 4.83. The van der Waals surface area contributed by atoms with Crippen molar-refractivity contribution in [2.45, 2.75) is 18.7 Å². The Morgan fingerprint density at radius 3 is 2.32 bits per heavy atom. The molecule has 19 heavy (non-hydrogen) atoms. The number of halogens is 1. The molecule has 0 aromatic heterocycles. The Labute approximate surface area is 120 Å². The van der Waals surface area contributed by atoms with Crippen LogP contribution < -0.4 is 4.90 Å². The minimum Gasteiger partial charge on any atom is -0.369 e. The van der Waals surface area contributed by atoms with Crippen LogP contribution >= 0.6 is 11.6 Å². The van der Waals surface area contributed by atoms with E-state index in [1.54, 1.807) is 0 Å². The van der Waals surface area contributed by atoms with Gasteiger partial charge in [-0.25, -0.2) is 0 Å². The minimum atomic E-state index is -0.408. The van der Waals surface area contributed by atoms with E-state index in [4.69, 9.17) is 11.6 Å². The van der Waals surface area contributed by atoms with Gasteiger partial charge >= 0.3 is 0 Å². The van der Waals surface area contributed by atoms with Crippen molar-refractivity contribution in [1.82, 2.24) is 4.90 Å². The predicted molar refractivity (Wildman–Crippen MR) is 80.2 cm³/mol. The van der Waals surface area contributed by atoms with Crippen molar-refractivity contribution >= 4 is 23.1 Å². The fraction of sp³-hybridized carbons (Fsp3) is 0.533. The number of hydrogen-bond donors (Lipinski definition) is 0. The second-order valence-electron chi connectivity index (χ2n) is 5.24. The van der Waals surface area contributed by atoms with Crippen LogP contribution in [0.15, 0.2) is 24.3 Å². The lowest BCUT2D eigenvalue weighted by atomic mass is 10.1. The van der Waals surface area contributed by atoms with Gasteiger partial charge in [-0.2, -0.15) is 0 Å². The van der Waals surface area contributed by atoms with Crippen molar-refractivity contribution in [3.05, 3.63) is 29.8 Å². The molecule has 1 aliphatic heterocycles. The number of nitrogens with zero attached hydrogens (tertiary/aromatic N) is 2. The molecule has 3 nitrogen and oxygen atoms in total. The molecule has 0 amide bonds. The smallest absolute Gasteiger partial charge is 0.147 e. The van der Waals surface area contributed by atoms with Crippen LogP contribution in [0.5, 0.6) is 0 Å². The van der Waals surface area contributed by atoms with Crippen molar-refractivity contribution in [2.75, 3.05) is 38.1 Å². The SMILES string of the molecule is CC(=O)C(Cl)Cc1ccc(N2CCN(C)CC2)cc1. The van der Waals surface area contributed by atoms with Crippen LogP contribution in [0, 0.1) is 0 Å². The van der Waals surface area contributed by atoms with E-state index in [1.807, 2.05) is 0 Å². The Hall–Kier alpha value is -1.06. The zero-order valence-electron chi connectivity index (χ0n) is 11.6. The third kappa shape index (κ3) is 3.95. The molecule has 0 saturated carbocycles. The third-order valence-electron chi connectivity index (χ3n) is 3.66. The summed E-state index contributed by atoms with van der Waals surface area (Å²) in [4.78, 5) is 15.9. The van der Waals surface area contributed by atoms with E-state index in [0.717, 1.165) is 31.7 Å². The van der Waals surface area contributed by atoms with Gasteiger partial charge in [-0.15, -0.1) is 11.6 Å². The van der Waals surface area contributed by atoms with Gasteiger partial charge in [0, 0.05) is 31.9 Å². The minimum absolute atomic E-state index is 0.0322. The summed E-state index contributed by atoms with van der Waals surface area (Å²) in [7, 11) is 2.16. The number of anilines is 1. The molecule has 104 valence electrons. The maximum Gasteiger partial charge on any atom is 0.147 e. The molecular weight excluding hydrogens is 260 g/mol. The van der Waals surface area contributed by atoms with Crippen molar-refractivity contribution in [2.24, 2.45) is 0 Å². The largest absolute Gasteiger partial charge is 0.369 e. The molecule has 1 atom stereocenters. The Morgan fingerprint density at radius 2 is 1.79 bits per heavy atom. The Bertz CT molecular complexity index is 424. The normalized spacial score (nSPS) is 18.4. The standard InChI is InChI=1S/C15H21ClN2O/c1-12(19)15(16)11-13-3-5-14(6-4-13)18-9-7-17(2)8-10-18/h3-6,15H,7-11H2,1-2H3. The number of likely N-dealkylation sites (N-methyl/N-ethyl adjacent to an activating group) is 1. The monoisotopic (exact) mass is 280 g/mol. The molecule has 1 heterocycles. The number of rotatable bonds is 4. The van der Waals surface area contributed by atoms with E-state index < -0.39 is 5.38 Å². The van der Waals surface area contributed by atoms with Crippen LogP contribution in [0.4, 0.5) is 5.69 Å². The number of ketones is 1. The number of hydrogen-bond acceptors (Lipinski definition) is 3. The molecule has 1 aromatic carbocycles. The topological polar surface area (TPSA) is 23.6 Å². The lowest BCUT2D eigenvalue weighted by molar-refractivity contribution is -0.116. The Balaban J connectivity index is 1.96. The van der Waals surface area contributed by atoms with Crippen LogP contribution in [-0.2, 0) is 11.2 Å². The van der Waals surface area contributed by atoms with Gasteiger partial charge in [-0.3, -0.25) is 4.79 Å². The number of alkyl halides is 1. The van der Waals surface area contributed by atoms with Gasteiger partial charge in [0.1, 0.15) is 5.78 Å². The summed E-state index contributed by atoms with van der Waals surface area (Å²) in [5, 5.41) is -0.408. The average Bonchev–Trinajstić information content (AvgIpc) is 2.40. The zero-order chi connectivity index (χ0) is 13.8. The van der Waals surface area contributed by atoms with E-state index in [9.17, 15) is 4.79 Å². The number of carbonyl (C=O) groups is 1. The highest BCUT2D eigenvalue weighted by molar-refractivity contribution is 6.30. The fourth-order valence-corrected chi connectivity index (χ4v) is 2.44. The molecule has 0 N–H and O–H groups in total. The average molecular weight is 281 g/mol. The summed E-state index contributed by atoms with van der Waals surface area (Å²) in [6.07, 6.45) is 0.611. The summed E-state index contributed by atoms with van der Waals surface area (Å²) in [6.45, 7) is 5.89. The van der Waals surface area contributed by atoms with Gasteiger partial charge < -0.3 is 9.80 Å². The highest BCUT2D eigenvalue weighted by Gasteiger charge is 2.15. The van der Waals surface area contributed by atoms with E-state index in [1.165, 1.54) is 12.6 Å². The predicted octanol–water partition coefficient (Wildman–Crippen LogP) is 2.18. The molecule has 1 aromatic rings. The highest BCUT2D eigenvalue weighted by Crippen LogP contribution is 2.18. The molecule has 4 heteroatoms. The van der Waals surface area contributed by atoms with Crippen molar-refractivity contribution in [3.63, 3.8) is 0 Å². The molecular formula is C15H21ClN2O. The third-order valence-corrected chi connectivity index (χ3v) is 4.12. The first-order valence-corrected chi connectivity index (χ1v) is 7.17. The van der Waals surface area contributed by atoms with E-state index in [-0.39, 0.29) is 5.78 Å². The highest BCUT2D eigenvalue weighted by atomic mass is 35.5. The molecule has 1 fully saturated rings. The molecule has 0 radical (unpaired) electrons. The molecule has 0 aliphatic carbocycles. The van der Waals surface area contributed by atoms with Gasteiger partial charge in [0.25, 0.3) is 0 Å². The second kappa shape index (κ2) is 6.40. The van der Waals surface area contributed by atoms with E-state index in [2.05, 4.69) is 41.1 Å². The summed E-state index contributed by atoms with van der Waals surface area (Å²) < 4.78 is 0.